The molecule has 2 rings (SSSR count). The molecular weight excluding hydrogens is 724 g/mol. The number of nitrogens with one attached hydrogen (secondary N) is 4. The fraction of sp³-hybridized carbons (Fsp3) is 0.600. The molecule has 1 aromatic carbocycles. The molecule has 2 unspecified atom stereocenters. The third-order valence-corrected chi connectivity index (χ3v) is 9.85. The van der Waals surface area contributed by atoms with E-state index in [1.54, 1.807) is 33.1 Å². The zero-order valence-electron chi connectivity index (χ0n) is 31.1. The SMILES string of the molecule is COCc1ccc(NC(=O)[C@H](CCCNC(N)=O)CC(=O)[C@@H](NC(=O)CCCCCN2C(=O)CC(SCC(NC(=O)CON)C(N)=O)C2=O)C(C)C)cc1. The van der Waals surface area contributed by atoms with Crippen LogP contribution in [0.15, 0.2) is 24.3 Å². The molecule has 0 bridgehead atoms. The number of Topliss-reactive ketones (excluding diaryl/α,β-unsaturated/α-hetero) is 1. The lowest BCUT2D eigenvalue weighted by Gasteiger charge is -2.24. The summed E-state index contributed by atoms with van der Waals surface area (Å²) in [4.78, 5) is 105. The van der Waals surface area contributed by atoms with Crippen LogP contribution in [-0.2, 0) is 49.7 Å². The number of methoxy groups -OCH3 is 1. The van der Waals surface area contributed by atoms with Crippen LogP contribution in [-0.4, -0.2) is 102 Å². The van der Waals surface area contributed by atoms with Gasteiger partial charge < -0.3 is 37.5 Å². The first-order valence-electron chi connectivity index (χ1n) is 17.8. The van der Waals surface area contributed by atoms with Crippen molar-refractivity contribution in [1.82, 2.24) is 20.9 Å². The van der Waals surface area contributed by atoms with Crippen LogP contribution in [0.1, 0.15) is 70.8 Å². The maximum Gasteiger partial charge on any atom is 0.312 e. The molecule has 0 aliphatic carbocycles. The number of urea groups is 1. The lowest BCUT2D eigenvalue weighted by atomic mass is 9.89. The van der Waals surface area contributed by atoms with Gasteiger partial charge in [-0.25, -0.2) is 10.7 Å². The minimum atomic E-state index is -1.08. The van der Waals surface area contributed by atoms with E-state index in [-0.39, 0.29) is 73.9 Å². The molecule has 19 heteroatoms. The lowest BCUT2D eigenvalue weighted by Crippen LogP contribution is -2.48. The number of benzene rings is 1. The molecule has 1 saturated heterocycles. The van der Waals surface area contributed by atoms with Gasteiger partial charge in [-0.05, 0) is 49.3 Å². The van der Waals surface area contributed by atoms with Crippen LogP contribution in [0.3, 0.4) is 0 Å². The molecule has 8 amide bonds. The summed E-state index contributed by atoms with van der Waals surface area (Å²) in [7, 11) is 1.58. The number of nitrogens with two attached hydrogens (primary N) is 3. The summed E-state index contributed by atoms with van der Waals surface area (Å²) >= 11 is 1.04. The summed E-state index contributed by atoms with van der Waals surface area (Å²) < 4.78 is 5.12. The maximum absolute atomic E-state index is 13.5. The number of ether oxygens (including phenoxy) is 1. The highest BCUT2D eigenvalue weighted by atomic mass is 32.2. The molecule has 4 atom stereocenters. The van der Waals surface area contributed by atoms with Gasteiger partial charge in [0.15, 0.2) is 5.78 Å². The Balaban J connectivity index is 1.87. The second-order valence-corrected chi connectivity index (χ2v) is 14.5. The van der Waals surface area contributed by atoms with E-state index in [0.717, 1.165) is 22.2 Å². The molecule has 0 saturated carbocycles. The average molecular weight is 779 g/mol. The van der Waals surface area contributed by atoms with E-state index in [1.807, 2.05) is 12.1 Å². The van der Waals surface area contributed by atoms with Crippen LogP contribution in [0.5, 0.6) is 0 Å². The number of amides is 8. The monoisotopic (exact) mass is 778 g/mol. The van der Waals surface area contributed by atoms with E-state index in [1.165, 1.54) is 0 Å². The summed E-state index contributed by atoms with van der Waals surface area (Å²) in [6, 6.07) is 4.50. The molecule has 1 aromatic rings. The minimum absolute atomic E-state index is 0.0233. The number of unbranched alkanes of at least 4 members (excludes halogenated alkanes) is 2. The van der Waals surface area contributed by atoms with Crippen molar-refractivity contribution in [2.75, 3.05) is 37.9 Å². The number of hydrogen-bond donors (Lipinski definition) is 7. The first-order valence-corrected chi connectivity index (χ1v) is 18.8. The number of hydrogen-bond acceptors (Lipinski definition) is 12. The van der Waals surface area contributed by atoms with E-state index < -0.39 is 53.6 Å². The number of rotatable bonds is 26. The highest BCUT2D eigenvalue weighted by molar-refractivity contribution is 8.00. The second-order valence-electron chi connectivity index (χ2n) is 13.3. The Labute approximate surface area is 319 Å². The summed E-state index contributed by atoms with van der Waals surface area (Å²) in [6.07, 6.45) is 2.01. The Kier molecular flexibility index (Phi) is 20.2. The van der Waals surface area contributed by atoms with Gasteiger partial charge in [-0.3, -0.25) is 43.3 Å². The third-order valence-electron chi connectivity index (χ3n) is 8.55. The van der Waals surface area contributed by atoms with E-state index in [0.29, 0.717) is 38.0 Å². The number of carbonyl (C=O) groups excluding carboxylic acids is 8. The van der Waals surface area contributed by atoms with Gasteiger partial charge in [-0.1, -0.05) is 32.4 Å². The van der Waals surface area contributed by atoms with Gasteiger partial charge in [0.05, 0.1) is 17.9 Å². The molecule has 54 heavy (non-hydrogen) atoms. The number of carbonyl (C=O) groups is 8. The lowest BCUT2D eigenvalue weighted by molar-refractivity contribution is -0.138. The van der Waals surface area contributed by atoms with E-state index >= 15 is 0 Å². The number of ketones is 1. The van der Waals surface area contributed by atoms with Crippen LogP contribution in [0.2, 0.25) is 0 Å². The molecule has 0 spiro atoms. The van der Waals surface area contributed by atoms with Crippen LogP contribution < -0.4 is 38.6 Å². The average Bonchev–Trinajstić information content (AvgIpc) is 3.38. The topological polar surface area (TPSA) is 284 Å². The van der Waals surface area contributed by atoms with Crippen molar-refractivity contribution in [3.63, 3.8) is 0 Å². The van der Waals surface area contributed by atoms with Gasteiger partial charge in [-0.2, -0.15) is 0 Å². The zero-order valence-corrected chi connectivity index (χ0v) is 31.9. The number of anilines is 1. The Bertz CT molecular complexity index is 1460. The van der Waals surface area contributed by atoms with Crippen molar-refractivity contribution < 1.29 is 47.9 Å². The van der Waals surface area contributed by atoms with Crippen molar-refractivity contribution in [2.24, 2.45) is 29.2 Å². The number of imide groups is 1. The van der Waals surface area contributed by atoms with Crippen molar-refractivity contribution >= 4 is 64.7 Å². The first kappa shape index (κ1) is 45.6. The van der Waals surface area contributed by atoms with Crippen molar-refractivity contribution in [2.45, 2.75) is 89.2 Å². The van der Waals surface area contributed by atoms with Gasteiger partial charge in [0.2, 0.25) is 35.4 Å². The summed E-state index contributed by atoms with van der Waals surface area (Å²) in [6.45, 7) is 3.92. The highest BCUT2D eigenvalue weighted by Gasteiger charge is 2.39. The van der Waals surface area contributed by atoms with Gasteiger partial charge in [0.25, 0.3) is 0 Å². The Hall–Kier alpha value is -4.59. The molecular formula is C35H54N8O10S. The van der Waals surface area contributed by atoms with Crippen LogP contribution in [0.25, 0.3) is 0 Å². The molecule has 0 radical (unpaired) electrons. The van der Waals surface area contributed by atoms with Crippen molar-refractivity contribution in [1.29, 1.82) is 0 Å². The smallest absolute Gasteiger partial charge is 0.312 e. The fourth-order valence-corrected chi connectivity index (χ4v) is 6.89. The van der Waals surface area contributed by atoms with Crippen LogP contribution in [0.4, 0.5) is 10.5 Å². The fourth-order valence-electron chi connectivity index (χ4n) is 5.68. The van der Waals surface area contributed by atoms with E-state index in [9.17, 15) is 38.4 Å². The predicted molar refractivity (Wildman–Crippen MR) is 200 cm³/mol. The van der Waals surface area contributed by atoms with Gasteiger partial charge in [0, 0.05) is 56.8 Å². The Morgan fingerprint density at radius 3 is 2.28 bits per heavy atom. The normalized spacial score (nSPS) is 15.7. The molecule has 300 valence electrons. The van der Waals surface area contributed by atoms with Gasteiger partial charge in [-0.15, -0.1) is 11.8 Å². The quantitative estimate of drug-likeness (QED) is 0.0378. The Morgan fingerprint density at radius 2 is 1.67 bits per heavy atom. The maximum atomic E-state index is 13.5. The molecule has 1 aliphatic heterocycles. The highest BCUT2D eigenvalue weighted by Crippen LogP contribution is 2.26. The minimum Gasteiger partial charge on any atom is -0.380 e. The molecule has 10 N–H and O–H groups in total. The number of nitrogens with zero attached hydrogens (tertiary/aromatic N) is 1. The zero-order chi connectivity index (χ0) is 40.2. The first-order chi connectivity index (χ1) is 25.7. The molecule has 1 heterocycles. The third kappa shape index (κ3) is 16.2. The van der Waals surface area contributed by atoms with Gasteiger partial charge in [0.1, 0.15) is 12.6 Å². The van der Waals surface area contributed by atoms with Crippen LogP contribution >= 0.6 is 11.8 Å². The summed E-state index contributed by atoms with van der Waals surface area (Å²) in [5.41, 5.74) is 12.0. The molecule has 18 nitrogen and oxygen atoms in total. The largest absolute Gasteiger partial charge is 0.380 e. The molecule has 1 aliphatic rings. The summed E-state index contributed by atoms with van der Waals surface area (Å²) in [5, 5.41) is 9.78. The molecule has 0 aromatic heterocycles. The summed E-state index contributed by atoms with van der Waals surface area (Å²) in [5.74, 6) is 0.594. The van der Waals surface area contributed by atoms with Crippen molar-refractivity contribution in [3.05, 3.63) is 29.8 Å². The number of likely N-dealkylation sites (tertiary alicyclic amines) is 1. The number of thioether (sulfide) groups is 1. The standard InChI is InChI=1S/C35H54N8O10S/c1-21(2)31(26(44)16-23(8-7-14-39-35(37)51)33(49)40-24-12-10-22(11-13-24)18-52-3)42-28(45)9-5-4-6-15-43-30(47)17-27(34(43)50)54-20-25(32(36)48)41-29(46)19-53-38/h10-13,21,23,25,27,31H,4-9,14-20,38H2,1-3H3,(H2,36,48)(H,40,49)(H,41,46)(H,42,45)(H3,37,39,51)/t23-,25?,27?,31+/m1/s1. The van der Waals surface area contributed by atoms with E-state index in [4.69, 9.17) is 22.1 Å². The Morgan fingerprint density at radius 1 is 0.963 bits per heavy atom. The number of primary amides is 2. The van der Waals surface area contributed by atoms with E-state index in [2.05, 4.69) is 26.1 Å². The van der Waals surface area contributed by atoms with Gasteiger partial charge >= 0.3 is 6.03 Å². The van der Waals surface area contributed by atoms with Crippen LogP contribution in [0, 0.1) is 11.8 Å². The molecule has 1 fully saturated rings. The predicted octanol–water partition coefficient (Wildman–Crippen LogP) is 0.218. The second kappa shape index (κ2) is 23.9. The van der Waals surface area contributed by atoms with Crippen molar-refractivity contribution in [3.8, 4) is 0 Å².